The molecule has 29 heavy (non-hydrogen) atoms. The molecular formula is C21H27N5O3. The van der Waals surface area contributed by atoms with E-state index in [0.717, 1.165) is 36.0 Å². The monoisotopic (exact) mass is 397 g/mol. The zero-order valence-electron chi connectivity index (χ0n) is 17.4. The summed E-state index contributed by atoms with van der Waals surface area (Å²) in [6.07, 6.45) is 5.40. The maximum absolute atomic E-state index is 6.04. The Labute approximate surface area is 170 Å². The van der Waals surface area contributed by atoms with Gasteiger partial charge in [-0.3, -0.25) is 4.68 Å². The summed E-state index contributed by atoms with van der Waals surface area (Å²) in [4.78, 5) is 8.73. The van der Waals surface area contributed by atoms with Crippen LogP contribution in [-0.4, -0.2) is 40.5 Å². The highest BCUT2D eigenvalue weighted by molar-refractivity contribution is 5.85. The molecule has 2 heterocycles. The fourth-order valence-corrected chi connectivity index (χ4v) is 3.01. The van der Waals surface area contributed by atoms with Crippen LogP contribution >= 0.6 is 0 Å². The number of hydrogen-bond donors (Lipinski definition) is 1. The highest BCUT2D eigenvalue weighted by Gasteiger charge is 2.16. The Kier molecular flexibility index (Phi) is 6.54. The minimum atomic E-state index is 0.270. The van der Waals surface area contributed by atoms with Crippen molar-refractivity contribution >= 4 is 22.8 Å². The van der Waals surface area contributed by atoms with E-state index < -0.39 is 0 Å². The van der Waals surface area contributed by atoms with Crippen molar-refractivity contribution in [3.63, 3.8) is 0 Å². The Morgan fingerprint density at radius 3 is 2.62 bits per heavy atom. The van der Waals surface area contributed by atoms with Gasteiger partial charge in [0.2, 0.25) is 0 Å². The Morgan fingerprint density at radius 1 is 1.17 bits per heavy atom. The van der Waals surface area contributed by atoms with Crippen LogP contribution in [0.25, 0.3) is 17.0 Å². The molecule has 0 bridgehead atoms. The topological polar surface area (TPSA) is 83.3 Å². The third kappa shape index (κ3) is 4.42. The number of unbranched alkanes of at least 4 members (excludes halogenated alkanes) is 1. The van der Waals surface area contributed by atoms with Crippen molar-refractivity contribution in [1.82, 2.24) is 19.7 Å². The van der Waals surface area contributed by atoms with Crippen molar-refractivity contribution < 1.29 is 14.2 Å². The summed E-state index contributed by atoms with van der Waals surface area (Å²) in [6.45, 7) is 6.95. The lowest BCUT2D eigenvalue weighted by Crippen LogP contribution is -2.08. The molecule has 8 heteroatoms. The first kappa shape index (κ1) is 20.4. The van der Waals surface area contributed by atoms with E-state index in [4.69, 9.17) is 14.2 Å². The number of aryl methyl sites for hydroxylation is 1. The van der Waals surface area contributed by atoms with Crippen LogP contribution in [0.15, 0.2) is 24.9 Å². The number of rotatable bonds is 10. The van der Waals surface area contributed by atoms with Gasteiger partial charge in [0.25, 0.3) is 0 Å². The zero-order valence-corrected chi connectivity index (χ0v) is 17.4. The number of fused-ring (bicyclic) bond motifs is 1. The molecule has 0 aliphatic heterocycles. The summed E-state index contributed by atoms with van der Waals surface area (Å²) in [5, 5.41) is 8.85. The molecule has 0 saturated heterocycles. The molecule has 0 spiro atoms. The second kappa shape index (κ2) is 9.27. The first-order valence-electron chi connectivity index (χ1n) is 9.55. The van der Waals surface area contributed by atoms with Crippen molar-refractivity contribution in [2.75, 3.05) is 26.1 Å². The van der Waals surface area contributed by atoms with Crippen molar-refractivity contribution in [2.45, 2.75) is 26.4 Å². The molecule has 0 amide bonds. The second-order valence-corrected chi connectivity index (χ2v) is 6.51. The van der Waals surface area contributed by atoms with Crippen LogP contribution in [0.2, 0.25) is 0 Å². The van der Waals surface area contributed by atoms with Crippen LogP contribution in [0.5, 0.6) is 17.2 Å². The number of ether oxygens (including phenoxy) is 3. The van der Waals surface area contributed by atoms with Crippen LogP contribution in [0.3, 0.4) is 0 Å². The van der Waals surface area contributed by atoms with E-state index in [1.54, 1.807) is 31.2 Å². The molecule has 154 valence electrons. The van der Waals surface area contributed by atoms with Gasteiger partial charge < -0.3 is 19.5 Å². The lowest BCUT2D eigenvalue weighted by Gasteiger charge is -2.12. The quantitative estimate of drug-likeness (QED) is 0.521. The molecule has 0 saturated carbocycles. The second-order valence-electron chi connectivity index (χ2n) is 6.51. The third-order valence-corrected chi connectivity index (χ3v) is 4.58. The maximum atomic E-state index is 6.04. The van der Waals surface area contributed by atoms with E-state index in [0.29, 0.717) is 28.9 Å². The smallest absolute Gasteiger partial charge is 0.180 e. The molecule has 8 nitrogen and oxygen atoms in total. The number of nitrogens with one attached hydrogen (secondary N) is 1. The Morgan fingerprint density at radius 2 is 1.93 bits per heavy atom. The molecular weight excluding hydrogens is 370 g/mol. The Hall–Kier alpha value is -3.29. The predicted molar refractivity (Wildman–Crippen MR) is 114 cm³/mol. The van der Waals surface area contributed by atoms with Gasteiger partial charge in [0.15, 0.2) is 28.9 Å². The van der Waals surface area contributed by atoms with Crippen LogP contribution in [0.1, 0.15) is 31.3 Å². The van der Waals surface area contributed by atoms with Crippen molar-refractivity contribution in [3.05, 3.63) is 36.4 Å². The Bertz CT molecular complexity index is 1000. The van der Waals surface area contributed by atoms with E-state index in [1.165, 1.54) is 0 Å². The van der Waals surface area contributed by atoms with Gasteiger partial charge in [-0.05, 0) is 18.6 Å². The molecule has 3 aromatic rings. The Balaban J connectivity index is 1.87. The highest BCUT2D eigenvalue weighted by atomic mass is 16.5. The standard InChI is InChI=1S/C21H27N5O3/c1-6-8-9-22-21-19(12-23-20(7-2)24-21)29-13-15-14-10-17(27-4)18(28-5)11-16(14)26(3)25-15/h7,10-12H,2,6,8-9,13H2,1,3-5H3,(H,22,23,24). The van der Waals surface area contributed by atoms with Gasteiger partial charge >= 0.3 is 0 Å². The van der Waals surface area contributed by atoms with Crippen LogP contribution in [0, 0.1) is 0 Å². The lowest BCUT2D eigenvalue weighted by atomic mass is 10.2. The predicted octanol–water partition coefficient (Wildman–Crippen LogP) is 3.81. The fraction of sp³-hybridized carbons (Fsp3) is 0.381. The van der Waals surface area contributed by atoms with Gasteiger partial charge in [0.05, 0.1) is 25.9 Å². The molecule has 0 atom stereocenters. The summed E-state index contributed by atoms with van der Waals surface area (Å²) < 4.78 is 18.7. The lowest BCUT2D eigenvalue weighted by molar-refractivity contribution is 0.300. The minimum Gasteiger partial charge on any atom is -0.493 e. The average Bonchev–Trinajstić information content (AvgIpc) is 3.06. The fourth-order valence-electron chi connectivity index (χ4n) is 3.01. The van der Waals surface area contributed by atoms with Crippen LogP contribution in [0.4, 0.5) is 5.82 Å². The maximum Gasteiger partial charge on any atom is 0.180 e. The summed E-state index contributed by atoms with van der Waals surface area (Å²) >= 11 is 0. The number of benzene rings is 1. The zero-order chi connectivity index (χ0) is 20.8. The first-order chi connectivity index (χ1) is 14.1. The van der Waals surface area contributed by atoms with E-state index in [2.05, 4.69) is 33.9 Å². The van der Waals surface area contributed by atoms with Crippen molar-refractivity contribution in [1.29, 1.82) is 0 Å². The summed E-state index contributed by atoms with van der Waals surface area (Å²) in [7, 11) is 5.12. The summed E-state index contributed by atoms with van der Waals surface area (Å²) in [6, 6.07) is 3.82. The molecule has 3 rings (SSSR count). The van der Waals surface area contributed by atoms with Gasteiger partial charge in [-0.15, -0.1) is 0 Å². The first-order valence-corrected chi connectivity index (χ1v) is 9.55. The molecule has 0 radical (unpaired) electrons. The van der Waals surface area contributed by atoms with E-state index >= 15 is 0 Å². The number of aromatic nitrogens is 4. The molecule has 0 aliphatic carbocycles. The van der Waals surface area contributed by atoms with E-state index in [9.17, 15) is 0 Å². The van der Waals surface area contributed by atoms with Crippen molar-refractivity contribution in [3.8, 4) is 17.2 Å². The molecule has 0 aliphatic rings. The van der Waals surface area contributed by atoms with Gasteiger partial charge in [-0.2, -0.15) is 5.10 Å². The van der Waals surface area contributed by atoms with E-state index in [-0.39, 0.29) is 6.61 Å². The van der Waals surface area contributed by atoms with Gasteiger partial charge in [0, 0.05) is 25.0 Å². The highest BCUT2D eigenvalue weighted by Crippen LogP contribution is 2.34. The van der Waals surface area contributed by atoms with Gasteiger partial charge in [-0.1, -0.05) is 19.9 Å². The van der Waals surface area contributed by atoms with Gasteiger partial charge in [0.1, 0.15) is 12.3 Å². The molecule has 0 unspecified atom stereocenters. The number of methoxy groups -OCH3 is 2. The average molecular weight is 397 g/mol. The molecule has 1 aromatic carbocycles. The van der Waals surface area contributed by atoms with Crippen LogP contribution < -0.4 is 19.5 Å². The minimum absolute atomic E-state index is 0.270. The largest absolute Gasteiger partial charge is 0.493 e. The third-order valence-electron chi connectivity index (χ3n) is 4.58. The molecule has 1 N–H and O–H groups in total. The number of anilines is 1. The number of nitrogens with zero attached hydrogens (tertiary/aromatic N) is 4. The molecule has 0 fully saturated rings. The van der Waals surface area contributed by atoms with Crippen LogP contribution in [-0.2, 0) is 13.7 Å². The summed E-state index contributed by atoms with van der Waals surface area (Å²) in [5.41, 5.74) is 1.72. The molecule has 2 aromatic heterocycles. The number of hydrogen-bond acceptors (Lipinski definition) is 7. The normalized spacial score (nSPS) is 10.8. The van der Waals surface area contributed by atoms with Gasteiger partial charge in [-0.25, -0.2) is 9.97 Å². The van der Waals surface area contributed by atoms with Crippen molar-refractivity contribution in [2.24, 2.45) is 7.05 Å². The SMILES string of the molecule is C=Cc1ncc(OCc2nn(C)c3cc(OC)c(OC)cc23)c(NCCCC)n1. The van der Waals surface area contributed by atoms with E-state index in [1.807, 2.05) is 19.2 Å². The summed E-state index contributed by atoms with van der Waals surface area (Å²) in [5.74, 6) is 3.09.